The van der Waals surface area contributed by atoms with Crippen LogP contribution in [0.15, 0.2) is 67.4 Å². The summed E-state index contributed by atoms with van der Waals surface area (Å²) in [7, 11) is 0. The number of nitrogens with zero attached hydrogens (tertiary/aromatic N) is 3. The van der Waals surface area contributed by atoms with E-state index in [1.54, 1.807) is 49.1 Å². The van der Waals surface area contributed by atoms with Crippen LogP contribution in [0.5, 0.6) is 5.88 Å². The Balaban J connectivity index is 1.53. The summed E-state index contributed by atoms with van der Waals surface area (Å²) in [6, 6.07) is 10.6. The molecule has 0 saturated heterocycles. The van der Waals surface area contributed by atoms with Crippen LogP contribution in [0.1, 0.15) is 21.5 Å². The summed E-state index contributed by atoms with van der Waals surface area (Å²) in [4.78, 5) is 24.0. The number of carbonyl (C=O) groups is 1. The lowest BCUT2D eigenvalue weighted by Crippen LogP contribution is -2.06. The minimum absolute atomic E-state index is 0.196. The van der Waals surface area contributed by atoms with Crippen molar-refractivity contribution in [3.05, 3.63) is 84.1 Å². The van der Waals surface area contributed by atoms with Crippen molar-refractivity contribution < 1.29 is 14.3 Å². The molecule has 0 saturated carbocycles. The summed E-state index contributed by atoms with van der Waals surface area (Å²) in [5.41, 5.74) is 2.25. The van der Waals surface area contributed by atoms with Crippen LogP contribution in [-0.4, -0.2) is 20.9 Å². The minimum atomic E-state index is -0.431. The van der Waals surface area contributed by atoms with E-state index in [4.69, 9.17) is 9.47 Å². The molecule has 0 fully saturated rings. The Morgan fingerprint density at radius 3 is 2.04 bits per heavy atom. The highest BCUT2D eigenvalue weighted by atomic mass is 16.5. The second kappa shape index (κ2) is 7.82. The number of hydrogen-bond acceptors (Lipinski definition) is 6. The number of carbonyl (C=O) groups excluding carboxylic acids is 1. The normalized spacial score (nSPS) is 10.2. The van der Waals surface area contributed by atoms with E-state index in [1.165, 1.54) is 6.20 Å². The number of pyridine rings is 3. The molecule has 0 aliphatic heterocycles. The van der Waals surface area contributed by atoms with Crippen molar-refractivity contribution in [1.29, 1.82) is 0 Å². The molecule has 0 unspecified atom stereocenters. The molecule has 3 rings (SSSR count). The Morgan fingerprint density at radius 2 is 1.46 bits per heavy atom. The van der Waals surface area contributed by atoms with Gasteiger partial charge < -0.3 is 9.47 Å². The summed E-state index contributed by atoms with van der Waals surface area (Å²) in [5.74, 6) is 0.0116. The molecule has 0 aliphatic carbocycles. The molecule has 0 atom stereocenters. The van der Waals surface area contributed by atoms with Gasteiger partial charge in [0.15, 0.2) is 0 Å². The van der Waals surface area contributed by atoms with E-state index in [1.807, 2.05) is 12.1 Å². The number of rotatable bonds is 6. The Kier molecular flexibility index (Phi) is 5.09. The van der Waals surface area contributed by atoms with Gasteiger partial charge in [0.05, 0.1) is 5.56 Å². The SMILES string of the molecule is O=C(OCc1ccncc1)c1ccc(OCc2ccncc2)nc1. The van der Waals surface area contributed by atoms with Crippen LogP contribution in [0, 0.1) is 0 Å². The van der Waals surface area contributed by atoms with Gasteiger partial charge in [-0.3, -0.25) is 9.97 Å². The Hall–Kier alpha value is -3.28. The molecule has 6 nitrogen and oxygen atoms in total. The van der Waals surface area contributed by atoms with Crippen molar-refractivity contribution in [1.82, 2.24) is 15.0 Å². The number of aromatic nitrogens is 3. The lowest BCUT2D eigenvalue weighted by atomic mass is 10.2. The molecule has 6 heteroatoms. The molecule has 0 spiro atoms. The summed E-state index contributed by atoms with van der Waals surface area (Å²) in [6.07, 6.45) is 8.15. The van der Waals surface area contributed by atoms with Gasteiger partial charge in [-0.25, -0.2) is 9.78 Å². The first-order chi connectivity index (χ1) is 11.8. The third-order valence-electron chi connectivity index (χ3n) is 3.23. The number of esters is 1. The lowest BCUT2D eigenvalue weighted by Gasteiger charge is -2.07. The lowest BCUT2D eigenvalue weighted by molar-refractivity contribution is 0.0472. The van der Waals surface area contributed by atoms with E-state index in [2.05, 4.69) is 15.0 Å². The van der Waals surface area contributed by atoms with Gasteiger partial charge in [-0.15, -0.1) is 0 Å². The first kappa shape index (κ1) is 15.6. The fraction of sp³-hybridized carbons (Fsp3) is 0.111. The first-order valence-corrected chi connectivity index (χ1v) is 7.35. The fourth-order valence-electron chi connectivity index (χ4n) is 1.93. The zero-order valence-corrected chi connectivity index (χ0v) is 12.8. The molecule has 0 aromatic carbocycles. The van der Waals surface area contributed by atoms with Crippen LogP contribution in [0.3, 0.4) is 0 Å². The van der Waals surface area contributed by atoms with Crippen LogP contribution < -0.4 is 4.74 Å². The molecular weight excluding hydrogens is 306 g/mol. The monoisotopic (exact) mass is 321 g/mol. The third-order valence-corrected chi connectivity index (χ3v) is 3.23. The molecule has 0 N–H and O–H groups in total. The first-order valence-electron chi connectivity index (χ1n) is 7.35. The number of ether oxygens (including phenoxy) is 2. The Labute approximate surface area is 139 Å². The molecule has 0 amide bonds. The van der Waals surface area contributed by atoms with Crippen molar-refractivity contribution in [2.75, 3.05) is 0 Å². The maximum Gasteiger partial charge on any atom is 0.340 e. The highest BCUT2D eigenvalue weighted by molar-refractivity contribution is 5.89. The molecule has 24 heavy (non-hydrogen) atoms. The maximum atomic E-state index is 12.0. The summed E-state index contributed by atoms with van der Waals surface area (Å²) >= 11 is 0. The Bertz CT molecular complexity index is 778. The van der Waals surface area contributed by atoms with Crippen molar-refractivity contribution in [2.45, 2.75) is 13.2 Å². The van der Waals surface area contributed by atoms with E-state index in [-0.39, 0.29) is 6.61 Å². The average Bonchev–Trinajstić information content (AvgIpc) is 2.66. The van der Waals surface area contributed by atoms with E-state index < -0.39 is 5.97 Å². The van der Waals surface area contributed by atoms with Crippen molar-refractivity contribution in [2.24, 2.45) is 0 Å². The molecule has 0 aliphatic rings. The largest absolute Gasteiger partial charge is 0.473 e. The average molecular weight is 321 g/mol. The van der Waals surface area contributed by atoms with E-state index in [9.17, 15) is 4.79 Å². The number of hydrogen-bond donors (Lipinski definition) is 0. The van der Waals surface area contributed by atoms with Crippen LogP contribution in [0.25, 0.3) is 0 Å². The van der Waals surface area contributed by atoms with Gasteiger partial charge in [0.25, 0.3) is 0 Å². The highest BCUT2D eigenvalue weighted by Crippen LogP contribution is 2.11. The second-order valence-electron chi connectivity index (χ2n) is 4.96. The van der Waals surface area contributed by atoms with Crippen molar-refractivity contribution >= 4 is 5.97 Å². The van der Waals surface area contributed by atoms with Crippen LogP contribution in [-0.2, 0) is 18.0 Å². The molecule has 3 heterocycles. The smallest absolute Gasteiger partial charge is 0.340 e. The van der Waals surface area contributed by atoms with E-state index in [0.717, 1.165) is 11.1 Å². The van der Waals surface area contributed by atoms with Crippen LogP contribution in [0.2, 0.25) is 0 Å². The molecule has 0 radical (unpaired) electrons. The topological polar surface area (TPSA) is 74.2 Å². The van der Waals surface area contributed by atoms with Gasteiger partial charge in [0.1, 0.15) is 13.2 Å². The van der Waals surface area contributed by atoms with Crippen molar-refractivity contribution in [3.8, 4) is 5.88 Å². The molecule has 3 aromatic heterocycles. The van der Waals surface area contributed by atoms with E-state index >= 15 is 0 Å². The predicted molar refractivity (Wildman–Crippen MR) is 86.2 cm³/mol. The zero-order chi connectivity index (χ0) is 16.6. The summed E-state index contributed by atoms with van der Waals surface area (Å²) in [6.45, 7) is 0.586. The summed E-state index contributed by atoms with van der Waals surface area (Å²) in [5, 5.41) is 0. The van der Waals surface area contributed by atoms with E-state index in [0.29, 0.717) is 18.1 Å². The summed E-state index contributed by atoms with van der Waals surface area (Å²) < 4.78 is 10.8. The van der Waals surface area contributed by atoms with Crippen LogP contribution >= 0.6 is 0 Å². The maximum absolute atomic E-state index is 12.0. The van der Waals surface area contributed by atoms with Gasteiger partial charge >= 0.3 is 5.97 Å². The van der Waals surface area contributed by atoms with Gasteiger partial charge in [0, 0.05) is 37.1 Å². The standard InChI is InChI=1S/C18H15N3O3/c22-18(24-13-15-5-9-20-10-6-15)16-1-2-17(21-11-16)23-12-14-3-7-19-8-4-14/h1-11H,12-13H2. The third kappa shape index (κ3) is 4.36. The Morgan fingerprint density at radius 1 is 0.833 bits per heavy atom. The minimum Gasteiger partial charge on any atom is -0.473 e. The van der Waals surface area contributed by atoms with Gasteiger partial charge in [-0.05, 0) is 41.5 Å². The highest BCUT2D eigenvalue weighted by Gasteiger charge is 2.08. The fourth-order valence-corrected chi connectivity index (χ4v) is 1.93. The van der Waals surface area contributed by atoms with Gasteiger partial charge in [-0.1, -0.05) is 0 Å². The second-order valence-corrected chi connectivity index (χ2v) is 4.96. The molecule has 3 aromatic rings. The van der Waals surface area contributed by atoms with Gasteiger partial charge in [-0.2, -0.15) is 0 Å². The molecular formula is C18H15N3O3. The van der Waals surface area contributed by atoms with Gasteiger partial charge in [0.2, 0.25) is 5.88 Å². The molecule has 120 valence electrons. The predicted octanol–water partition coefficient (Wildman–Crippen LogP) is 2.81. The molecule has 0 bridgehead atoms. The quantitative estimate of drug-likeness (QED) is 0.650. The van der Waals surface area contributed by atoms with Crippen LogP contribution in [0.4, 0.5) is 0 Å². The van der Waals surface area contributed by atoms with Crippen molar-refractivity contribution in [3.63, 3.8) is 0 Å². The zero-order valence-electron chi connectivity index (χ0n) is 12.8.